The molecule has 49 heavy (non-hydrogen) atoms. The van der Waals surface area contributed by atoms with Crippen molar-refractivity contribution < 1.29 is 14.4 Å². The third kappa shape index (κ3) is 7.84. The van der Waals surface area contributed by atoms with Gasteiger partial charge in [0.15, 0.2) is 5.41 Å². The van der Waals surface area contributed by atoms with Gasteiger partial charge in [0.25, 0.3) is 11.8 Å². The van der Waals surface area contributed by atoms with Gasteiger partial charge in [0.05, 0.1) is 0 Å². The summed E-state index contributed by atoms with van der Waals surface area (Å²) in [4.78, 5) is 54.9. The average Bonchev–Trinajstić information content (AvgIpc) is 3.16. The van der Waals surface area contributed by atoms with Gasteiger partial charge in [-0.05, 0) is 75.0 Å². The van der Waals surface area contributed by atoms with Crippen LogP contribution in [0.2, 0.25) is 0 Å². The highest BCUT2D eigenvalue weighted by Gasteiger charge is 2.57. The molecule has 0 radical (unpaired) electrons. The summed E-state index contributed by atoms with van der Waals surface area (Å²) in [5.41, 5.74) is 1.82. The van der Waals surface area contributed by atoms with Crippen LogP contribution >= 0.6 is 0 Å². The van der Waals surface area contributed by atoms with Crippen molar-refractivity contribution in [2.45, 2.75) is 44.4 Å². The number of hydrogen-bond acceptors (Lipinski definition) is 7. The van der Waals surface area contributed by atoms with Crippen molar-refractivity contribution >= 4 is 29.2 Å². The molecule has 6 rings (SSSR count). The maximum Gasteiger partial charge on any atom is 0.333 e. The molecular formula is C40H52N6O3. The van der Waals surface area contributed by atoms with Gasteiger partial charge >= 0.3 is 6.03 Å². The zero-order valence-corrected chi connectivity index (χ0v) is 29.1. The Morgan fingerprint density at radius 3 is 1.24 bits per heavy atom. The molecule has 3 aliphatic rings. The van der Waals surface area contributed by atoms with Crippen molar-refractivity contribution in [2.24, 2.45) is 0 Å². The lowest BCUT2D eigenvalue weighted by atomic mass is 9.74. The number of carbonyl (C=O) groups excluding carboxylic acids is 3. The monoisotopic (exact) mass is 664 g/mol. The van der Waals surface area contributed by atoms with Crippen molar-refractivity contribution in [3.63, 3.8) is 0 Å². The van der Waals surface area contributed by atoms with E-state index in [2.05, 4.69) is 68.1 Å². The minimum absolute atomic E-state index is 0.312. The topological polar surface area (TPSA) is 70.7 Å². The minimum Gasteiger partial charge on any atom is -0.369 e. The lowest BCUT2D eigenvalue weighted by Gasteiger charge is -2.44. The molecular weight excluding hydrogens is 612 g/mol. The van der Waals surface area contributed by atoms with Crippen molar-refractivity contribution in [3.05, 3.63) is 96.6 Å². The second kappa shape index (κ2) is 16.5. The molecule has 0 N–H and O–H groups in total. The van der Waals surface area contributed by atoms with E-state index in [1.165, 1.54) is 21.2 Å². The number of carbonyl (C=O) groups is 3. The lowest BCUT2D eigenvalue weighted by molar-refractivity contribution is -0.152. The number of nitrogens with zero attached hydrogens (tertiary/aromatic N) is 6. The van der Waals surface area contributed by atoms with E-state index in [0.29, 0.717) is 37.9 Å². The van der Waals surface area contributed by atoms with E-state index in [1.807, 2.05) is 49.4 Å². The van der Waals surface area contributed by atoms with E-state index in [4.69, 9.17) is 0 Å². The van der Waals surface area contributed by atoms with Gasteiger partial charge in [-0.25, -0.2) is 4.79 Å². The molecule has 3 aromatic rings. The summed E-state index contributed by atoms with van der Waals surface area (Å²) >= 11 is 0. The van der Waals surface area contributed by atoms with Crippen molar-refractivity contribution in [3.8, 4) is 0 Å². The summed E-state index contributed by atoms with van der Waals surface area (Å²) in [7, 11) is 0. The molecule has 3 aliphatic heterocycles. The number of urea groups is 1. The fourth-order valence-electron chi connectivity index (χ4n) is 7.69. The van der Waals surface area contributed by atoms with Crippen LogP contribution in [0.4, 0.5) is 16.2 Å². The number of imide groups is 2. The second-order valence-electron chi connectivity index (χ2n) is 13.6. The molecule has 0 saturated carbocycles. The highest BCUT2D eigenvalue weighted by molar-refractivity contribution is 6.22. The van der Waals surface area contributed by atoms with Gasteiger partial charge in [-0.1, -0.05) is 73.7 Å². The lowest BCUT2D eigenvalue weighted by Crippen LogP contribution is -2.67. The normalized spacial score (nSPS) is 19.2. The first-order valence-corrected chi connectivity index (χ1v) is 18.3. The molecule has 0 bridgehead atoms. The summed E-state index contributed by atoms with van der Waals surface area (Å²) in [6, 6.07) is 30.0. The Morgan fingerprint density at radius 1 is 0.490 bits per heavy atom. The number of unbranched alkanes of at least 4 members (excludes halogenated alkanes) is 2. The number of amides is 4. The van der Waals surface area contributed by atoms with Crippen molar-refractivity contribution in [1.82, 2.24) is 19.6 Å². The van der Waals surface area contributed by atoms with E-state index in [-0.39, 0.29) is 11.8 Å². The van der Waals surface area contributed by atoms with Gasteiger partial charge in [0.1, 0.15) is 0 Å². The Labute approximate surface area is 292 Å². The number of piperazine rings is 2. The molecule has 0 spiro atoms. The van der Waals surface area contributed by atoms with Crippen LogP contribution in [-0.4, -0.2) is 116 Å². The SMILES string of the molecule is CCC1(c2ccccc2)C(=O)N(CCCCN2CCN(c3ccccc3)CC2)C(=O)N(CCCCN2CCN(c3ccccc3)CC2)C1=O. The minimum atomic E-state index is -1.38. The Balaban J connectivity index is 1.03. The van der Waals surface area contributed by atoms with Gasteiger partial charge in [-0.3, -0.25) is 29.2 Å². The van der Waals surface area contributed by atoms with Crippen LogP contribution in [-0.2, 0) is 15.0 Å². The molecule has 9 nitrogen and oxygen atoms in total. The highest BCUT2D eigenvalue weighted by atomic mass is 16.2. The molecule has 3 fully saturated rings. The van der Waals surface area contributed by atoms with Crippen LogP contribution in [0.25, 0.3) is 0 Å². The van der Waals surface area contributed by atoms with E-state index in [0.717, 1.165) is 78.3 Å². The summed E-state index contributed by atoms with van der Waals surface area (Å²) in [5, 5.41) is 0. The van der Waals surface area contributed by atoms with Gasteiger partial charge in [-0.15, -0.1) is 0 Å². The molecule has 9 heteroatoms. The first-order chi connectivity index (χ1) is 24.0. The quantitative estimate of drug-likeness (QED) is 0.171. The first kappa shape index (κ1) is 34.6. The van der Waals surface area contributed by atoms with Gasteiger partial charge in [0, 0.05) is 76.8 Å². The molecule has 0 unspecified atom stereocenters. The third-order valence-electron chi connectivity index (χ3n) is 10.7. The smallest absolute Gasteiger partial charge is 0.333 e. The van der Waals surface area contributed by atoms with E-state index in [1.54, 1.807) is 0 Å². The van der Waals surface area contributed by atoms with Gasteiger partial charge < -0.3 is 9.80 Å². The summed E-state index contributed by atoms with van der Waals surface area (Å²) < 4.78 is 0. The van der Waals surface area contributed by atoms with Crippen LogP contribution in [0.1, 0.15) is 44.6 Å². The molecule has 3 heterocycles. The Hall–Kier alpha value is -4.21. The highest BCUT2D eigenvalue weighted by Crippen LogP contribution is 2.37. The van der Waals surface area contributed by atoms with Crippen LogP contribution in [0.5, 0.6) is 0 Å². The van der Waals surface area contributed by atoms with Crippen LogP contribution in [0.15, 0.2) is 91.0 Å². The van der Waals surface area contributed by atoms with Gasteiger partial charge in [0.2, 0.25) is 0 Å². The van der Waals surface area contributed by atoms with Crippen LogP contribution in [0.3, 0.4) is 0 Å². The number of barbiturate groups is 1. The number of hydrogen-bond donors (Lipinski definition) is 0. The van der Waals surface area contributed by atoms with Gasteiger partial charge in [-0.2, -0.15) is 0 Å². The average molecular weight is 665 g/mol. The molecule has 4 amide bonds. The van der Waals surface area contributed by atoms with Crippen LogP contribution < -0.4 is 9.80 Å². The summed E-state index contributed by atoms with van der Waals surface area (Å²) in [6.07, 6.45) is 3.51. The Kier molecular flexibility index (Phi) is 11.6. The molecule has 0 aromatic heterocycles. The predicted molar refractivity (Wildman–Crippen MR) is 196 cm³/mol. The fourth-order valence-corrected chi connectivity index (χ4v) is 7.69. The first-order valence-electron chi connectivity index (χ1n) is 18.3. The van der Waals surface area contributed by atoms with Crippen molar-refractivity contribution in [1.29, 1.82) is 0 Å². The zero-order chi connectivity index (χ0) is 34.1. The van der Waals surface area contributed by atoms with E-state index >= 15 is 0 Å². The van der Waals surface area contributed by atoms with Crippen LogP contribution in [0, 0.1) is 0 Å². The molecule has 3 aromatic carbocycles. The maximum atomic E-state index is 14.2. The number of para-hydroxylation sites is 2. The standard InChI is InChI=1S/C40H52N6O3/c1-2-40(34-16-6-3-7-17-34)37(47)45(24-14-12-22-41-26-30-43(31-27-41)35-18-8-4-9-19-35)39(49)46(38(40)48)25-15-13-23-42-28-32-44(33-29-42)36-20-10-5-11-21-36/h3-11,16-21H,2,12-15,22-33H2,1H3. The van der Waals surface area contributed by atoms with E-state index < -0.39 is 11.4 Å². The molecule has 0 atom stereocenters. The van der Waals surface area contributed by atoms with Crippen molar-refractivity contribution in [2.75, 3.05) is 88.3 Å². The summed E-state index contributed by atoms with van der Waals surface area (Å²) in [5.74, 6) is -0.750. The largest absolute Gasteiger partial charge is 0.369 e. The Bertz CT molecular complexity index is 1420. The number of rotatable bonds is 14. The molecule has 260 valence electrons. The second-order valence-corrected chi connectivity index (χ2v) is 13.6. The zero-order valence-electron chi connectivity index (χ0n) is 29.1. The molecule has 0 aliphatic carbocycles. The fraction of sp³-hybridized carbons (Fsp3) is 0.475. The predicted octanol–water partition coefficient (Wildman–Crippen LogP) is 5.33. The number of anilines is 2. The summed E-state index contributed by atoms with van der Waals surface area (Å²) in [6.45, 7) is 12.3. The Morgan fingerprint density at radius 2 is 0.857 bits per heavy atom. The third-order valence-corrected chi connectivity index (χ3v) is 10.7. The van der Waals surface area contributed by atoms with E-state index in [9.17, 15) is 14.4 Å². The number of benzene rings is 3. The molecule has 3 saturated heterocycles. The maximum absolute atomic E-state index is 14.2.